The Balaban J connectivity index is 3.04. The third-order valence-corrected chi connectivity index (χ3v) is 1.78. The second kappa shape index (κ2) is 4.28. The van der Waals surface area contributed by atoms with Crippen molar-refractivity contribution >= 4 is 11.6 Å². The molecule has 0 aromatic heterocycles. The molecule has 6 heteroatoms. The molecule has 0 heterocycles. The van der Waals surface area contributed by atoms with Gasteiger partial charge in [0.05, 0.1) is 26.1 Å². The van der Waals surface area contributed by atoms with E-state index >= 15 is 0 Å². The lowest BCUT2D eigenvalue weighted by Gasteiger charge is -2.23. The maximum absolute atomic E-state index is 11.8. The predicted molar refractivity (Wildman–Crippen MR) is 58.6 cm³/mol. The molecule has 6 nitrogen and oxygen atoms in total. The maximum atomic E-state index is 11.8. The van der Waals surface area contributed by atoms with E-state index in [2.05, 4.69) is 5.43 Å². The van der Waals surface area contributed by atoms with Crippen molar-refractivity contribution in [1.82, 2.24) is 5.43 Å². The first-order valence-electron chi connectivity index (χ1n) is 4.69. The fourth-order valence-corrected chi connectivity index (χ4v) is 1.19. The van der Waals surface area contributed by atoms with Gasteiger partial charge in [0.15, 0.2) is 0 Å². The lowest BCUT2D eigenvalue weighted by molar-refractivity contribution is -0.905. The van der Waals surface area contributed by atoms with Crippen molar-refractivity contribution in [3.63, 3.8) is 0 Å². The molecule has 1 rings (SSSR count). The van der Waals surface area contributed by atoms with E-state index < -0.39 is 10.8 Å². The van der Waals surface area contributed by atoms with Crippen molar-refractivity contribution < 1.29 is 14.3 Å². The summed E-state index contributed by atoms with van der Waals surface area (Å²) in [7, 11) is 5.27. The Hall–Kier alpha value is -1.95. The normalized spacial score (nSPS) is 10.9. The van der Waals surface area contributed by atoms with E-state index in [0.717, 1.165) is 0 Å². The third kappa shape index (κ3) is 3.03. The summed E-state index contributed by atoms with van der Waals surface area (Å²) in [4.78, 5) is 21.9. The zero-order valence-corrected chi connectivity index (χ0v) is 9.43. The van der Waals surface area contributed by atoms with Crippen LogP contribution in [0.1, 0.15) is 10.4 Å². The Kier molecular flexibility index (Phi) is 3.24. The minimum atomic E-state index is -0.565. The second-order valence-corrected chi connectivity index (χ2v) is 4.23. The van der Waals surface area contributed by atoms with Crippen LogP contribution in [-0.4, -0.2) is 36.6 Å². The number of para-hydroxylation sites is 1. The summed E-state index contributed by atoms with van der Waals surface area (Å²) < 4.78 is 0.199. The van der Waals surface area contributed by atoms with Crippen molar-refractivity contribution in [3.05, 3.63) is 39.9 Å². The summed E-state index contributed by atoms with van der Waals surface area (Å²) in [6, 6.07) is 5.87. The van der Waals surface area contributed by atoms with E-state index in [4.69, 9.17) is 0 Å². The molecule has 0 aliphatic carbocycles. The van der Waals surface area contributed by atoms with Crippen LogP contribution in [0.25, 0.3) is 0 Å². The zero-order valence-electron chi connectivity index (χ0n) is 9.43. The number of quaternary nitrogens is 1. The van der Waals surface area contributed by atoms with Gasteiger partial charge in [-0.2, -0.15) is 5.43 Å². The SMILES string of the molecule is C[N+](C)(C)NC(=O)c1ccccc1[N+](=O)[O-]. The number of amides is 1. The monoisotopic (exact) mass is 224 g/mol. The van der Waals surface area contributed by atoms with Gasteiger partial charge in [-0.1, -0.05) is 12.1 Å². The van der Waals surface area contributed by atoms with Gasteiger partial charge in [0.25, 0.3) is 5.69 Å². The molecular formula is C10H14N3O3+. The van der Waals surface area contributed by atoms with Gasteiger partial charge < -0.3 is 0 Å². The van der Waals surface area contributed by atoms with Crippen LogP contribution in [0.15, 0.2) is 24.3 Å². The number of rotatable bonds is 3. The van der Waals surface area contributed by atoms with E-state index in [-0.39, 0.29) is 15.8 Å². The van der Waals surface area contributed by atoms with Crippen LogP contribution < -0.4 is 5.43 Å². The molecule has 1 amide bonds. The van der Waals surface area contributed by atoms with Crippen molar-refractivity contribution in [2.24, 2.45) is 0 Å². The third-order valence-electron chi connectivity index (χ3n) is 1.78. The zero-order chi connectivity index (χ0) is 12.3. The maximum Gasteiger partial charge on any atom is 0.302 e. The summed E-state index contributed by atoms with van der Waals surface area (Å²) in [6.07, 6.45) is 0. The van der Waals surface area contributed by atoms with E-state index in [1.807, 2.05) is 0 Å². The molecule has 1 aromatic rings. The van der Waals surface area contributed by atoms with E-state index in [0.29, 0.717) is 0 Å². The fraction of sp³-hybridized carbons (Fsp3) is 0.300. The van der Waals surface area contributed by atoms with Gasteiger partial charge in [0, 0.05) is 6.07 Å². The quantitative estimate of drug-likeness (QED) is 0.472. The number of nitrogens with zero attached hydrogens (tertiary/aromatic N) is 2. The average molecular weight is 224 g/mol. The summed E-state index contributed by atoms with van der Waals surface area (Å²) in [5, 5.41) is 10.7. The molecule has 1 aromatic carbocycles. The van der Waals surface area contributed by atoms with Gasteiger partial charge in [0.1, 0.15) is 5.56 Å². The first-order chi connectivity index (χ1) is 7.31. The standard InChI is InChI=1S/C10H13N3O3/c1-13(2,3)11-10(14)8-6-4-5-7-9(8)12(15)16/h4-7H,1-3H3/p+1. The molecule has 0 spiro atoms. The van der Waals surface area contributed by atoms with Crippen LogP contribution in [0, 0.1) is 10.1 Å². The number of nitrogens with one attached hydrogen (secondary N) is 1. The Labute approximate surface area is 93.2 Å². The molecule has 0 unspecified atom stereocenters. The molecular weight excluding hydrogens is 210 g/mol. The molecule has 0 bridgehead atoms. The number of carbonyl (C=O) groups is 1. The molecule has 0 radical (unpaired) electrons. The van der Waals surface area contributed by atoms with Crippen molar-refractivity contribution in [2.45, 2.75) is 0 Å². The molecule has 0 atom stereocenters. The molecule has 0 aliphatic heterocycles. The highest BCUT2D eigenvalue weighted by molar-refractivity contribution is 5.97. The highest BCUT2D eigenvalue weighted by Crippen LogP contribution is 2.17. The highest BCUT2D eigenvalue weighted by atomic mass is 16.6. The Morgan fingerprint density at radius 1 is 1.31 bits per heavy atom. The van der Waals surface area contributed by atoms with Crippen LogP contribution in [0.3, 0.4) is 0 Å². The lowest BCUT2D eigenvalue weighted by atomic mass is 10.2. The van der Waals surface area contributed by atoms with Crippen LogP contribution in [0.5, 0.6) is 0 Å². The number of hydrogen-bond donors (Lipinski definition) is 1. The number of hydrogen-bond acceptors (Lipinski definition) is 3. The van der Waals surface area contributed by atoms with Crippen molar-refractivity contribution in [2.75, 3.05) is 21.1 Å². The molecule has 86 valence electrons. The molecule has 1 N–H and O–H groups in total. The van der Waals surface area contributed by atoms with E-state index in [9.17, 15) is 14.9 Å². The van der Waals surface area contributed by atoms with Gasteiger partial charge >= 0.3 is 5.91 Å². The summed E-state index contributed by atoms with van der Waals surface area (Å²) >= 11 is 0. The predicted octanol–water partition coefficient (Wildman–Crippen LogP) is 0.946. The highest BCUT2D eigenvalue weighted by Gasteiger charge is 2.22. The van der Waals surface area contributed by atoms with Gasteiger partial charge in [-0.15, -0.1) is 0 Å². The van der Waals surface area contributed by atoms with Crippen LogP contribution >= 0.6 is 0 Å². The van der Waals surface area contributed by atoms with Gasteiger partial charge in [-0.05, 0) is 6.07 Å². The number of nitro benzene ring substituents is 1. The lowest BCUT2D eigenvalue weighted by Crippen LogP contribution is -2.51. The van der Waals surface area contributed by atoms with Crippen molar-refractivity contribution in [1.29, 1.82) is 0 Å². The molecule has 0 fully saturated rings. The van der Waals surface area contributed by atoms with Gasteiger partial charge in [0.2, 0.25) is 0 Å². The Morgan fingerprint density at radius 3 is 2.38 bits per heavy atom. The largest absolute Gasteiger partial charge is 0.302 e. The minimum absolute atomic E-state index is 0.0700. The van der Waals surface area contributed by atoms with Gasteiger partial charge in [-0.3, -0.25) is 14.9 Å². The van der Waals surface area contributed by atoms with Crippen LogP contribution in [0.4, 0.5) is 5.69 Å². The smallest absolute Gasteiger partial charge is 0.264 e. The summed E-state index contributed by atoms with van der Waals surface area (Å²) in [5.74, 6) is -0.459. The van der Waals surface area contributed by atoms with Gasteiger partial charge in [-0.25, -0.2) is 4.59 Å². The second-order valence-electron chi connectivity index (χ2n) is 4.23. The van der Waals surface area contributed by atoms with Crippen LogP contribution in [0.2, 0.25) is 0 Å². The number of nitro groups is 1. The molecule has 0 aliphatic rings. The molecule has 16 heavy (non-hydrogen) atoms. The minimum Gasteiger partial charge on any atom is -0.264 e. The first-order valence-corrected chi connectivity index (χ1v) is 4.69. The summed E-state index contributed by atoms with van der Waals surface area (Å²) in [6.45, 7) is 0. The average Bonchev–Trinajstić information content (AvgIpc) is 2.15. The van der Waals surface area contributed by atoms with E-state index in [1.54, 1.807) is 27.2 Å². The number of carbonyl (C=O) groups excluding carboxylic acids is 1. The Bertz CT molecular complexity index is 424. The van der Waals surface area contributed by atoms with Crippen LogP contribution in [-0.2, 0) is 0 Å². The summed E-state index contributed by atoms with van der Waals surface area (Å²) in [5.41, 5.74) is 2.51. The molecule has 0 saturated heterocycles. The topological polar surface area (TPSA) is 72.2 Å². The fourth-order valence-electron chi connectivity index (χ4n) is 1.19. The molecule has 0 saturated carbocycles. The van der Waals surface area contributed by atoms with Crippen molar-refractivity contribution in [3.8, 4) is 0 Å². The number of benzene rings is 1. The Morgan fingerprint density at radius 2 is 1.88 bits per heavy atom. The van der Waals surface area contributed by atoms with E-state index in [1.165, 1.54) is 18.2 Å². The first kappa shape index (κ1) is 12.1.